The highest BCUT2D eigenvalue weighted by Gasteiger charge is 2.38. The minimum Gasteiger partial charge on any atom is -0.324 e. The van der Waals surface area contributed by atoms with E-state index in [0.29, 0.717) is 10.6 Å². The molecule has 1 aliphatic heterocycles. The first-order valence-corrected chi connectivity index (χ1v) is 6.38. The zero-order chi connectivity index (χ0) is 15.7. The molecule has 0 N–H and O–H groups in total. The number of hydrogen-bond acceptors (Lipinski definition) is 4. The highest BCUT2D eigenvalue weighted by Crippen LogP contribution is 2.23. The van der Waals surface area contributed by atoms with Crippen molar-refractivity contribution < 1.29 is 19.2 Å². The maximum Gasteiger partial charge on any atom is 0.363 e. The zero-order valence-corrected chi connectivity index (χ0v) is 11.3. The lowest BCUT2D eigenvalue weighted by atomic mass is 10.1. The molecule has 0 aromatic heterocycles. The van der Waals surface area contributed by atoms with Gasteiger partial charge in [-0.3, -0.25) is 9.59 Å². The summed E-state index contributed by atoms with van der Waals surface area (Å²) in [5, 5.41) is 0.468. The Morgan fingerprint density at radius 1 is 1.00 bits per heavy atom. The van der Waals surface area contributed by atoms with Gasteiger partial charge >= 0.3 is 5.97 Å². The fraction of sp³-hybridized carbons (Fsp3) is 0. The number of hydroxylamine groups is 2. The topological polar surface area (TPSA) is 63.7 Å². The van der Waals surface area contributed by atoms with Gasteiger partial charge in [-0.05, 0) is 30.3 Å². The molecule has 2 aromatic rings. The standard InChI is InChI=1S/C17H9NO4/c1-2-11-6-5-7-12(10-11)17(21)22-18-15(19)13-8-3-4-9-14(13)16(18)20/h1,3-10H. The molecule has 0 bridgehead atoms. The van der Waals surface area contributed by atoms with Crippen LogP contribution in [0.5, 0.6) is 0 Å². The molecule has 0 atom stereocenters. The van der Waals surface area contributed by atoms with E-state index in [0.717, 1.165) is 0 Å². The van der Waals surface area contributed by atoms with Crippen LogP contribution in [0.3, 0.4) is 0 Å². The monoisotopic (exact) mass is 291 g/mol. The van der Waals surface area contributed by atoms with Crippen LogP contribution in [0.1, 0.15) is 36.6 Å². The van der Waals surface area contributed by atoms with Crippen LogP contribution >= 0.6 is 0 Å². The highest BCUT2D eigenvalue weighted by atomic mass is 16.7. The molecule has 0 unspecified atom stereocenters. The van der Waals surface area contributed by atoms with Crippen LogP contribution in [0.15, 0.2) is 48.5 Å². The molecule has 0 saturated carbocycles. The molecule has 106 valence electrons. The normalized spacial score (nSPS) is 12.8. The van der Waals surface area contributed by atoms with Crippen molar-refractivity contribution in [2.24, 2.45) is 0 Å². The second-order valence-corrected chi connectivity index (χ2v) is 4.55. The van der Waals surface area contributed by atoms with E-state index in [1.54, 1.807) is 24.3 Å². The van der Waals surface area contributed by atoms with Crippen LogP contribution in [-0.4, -0.2) is 22.8 Å². The van der Waals surface area contributed by atoms with Crippen molar-refractivity contribution in [2.45, 2.75) is 0 Å². The maximum absolute atomic E-state index is 12.1. The minimum atomic E-state index is -0.827. The molecule has 2 amide bonds. The second kappa shape index (κ2) is 5.19. The number of terminal acetylenes is 1. The lowest BCUT2D eigenvalue weighted by Crippen LogP contribution is -2.32. The molecule has 5 nitrogen and oxygen atoms in total. The van der Waals surface area contributed by atoms with Gasteiger partial charge in [0, 0.05) is 5.56 Å². The number of fused-ring (bicyclic) bond motifs is 1. The Kier molecular flexibility index (Phi) is 3.20. The van der Waals surface area contributed by atoms with E-state index in [1.807, 2.05) is 0 Å². The summed E-state index contributed by atoms with van der Waals surface area (Å²) in [5.74, 6) is 0.236. The van der Waals surface area contributed by atoms with E-state index in [4.69, 9.17) is 11.3 Å². The van der Waals surface area contributed by atoms with Gasteiger partial charge in [-0.1, -0.05) is 29.2 Å². The molecule has 0 fully saturated rings. The fourth-order valence-electron chi connectivity index (χ4n) is 2.12. The van der Waals surface area contributed by atoms with E-state index in [2.05, 4.69) is 5.92 Å². The van der Waals surface area contributed by atoms with Gasteiger partial charge in [0.2, 0.25) is 0 Å². The molecule has 1 aliphatic rings. The predicted molar refractivity (Wildman–Crippen MR) is 76.7 cm³/mol. The number of carbonyl (C=O) groups excluding carboxylic acids is 3. The Bertz CT molecular complexity index is 813. The summed E-state index contributed by atoms with van der Waals surface area (Å²) in [6.45, 7) is 0. The lowest BCUT2D eigenvalue weighted by molar-refractivity contribution is -0.0584. The van der Waals surface area contributed by atoms with Gasteiger partial charge in [0.25, 0.3) is 11.8 Å². The average Bonchev–Trinajstić information content (AvgIpc) is 2.80. The third kappa shape index (κ3) is 2.13. The first kappa shape index (κ1) is 13.6. The maximum atomic E-state index is 12.1. The molecule has 0 aliphatic carbocycles. The fourth-order valence-corrected chi connectivity index (χ4v) is 2.12. The quantitative estimate of drug-likeness (QED) is 0.627. The zero-order valence-electron chi connectivity index (χ0n) is 11.3. The van der Waals surface area contributed by atoms with E-state index >= 15 is 0 Å². The van der Waals surface area contributed by atoms with Gasteiger partial charge in [0.1, 0.15) is 0 Å². The summed E-state index contributed by atoms with van der Waals surface area (Å²) >= 11 is 0. The molecule has 0 radical (unpaired) electrons. The molecule has 1 heterocycles. The highest BCUT2D eigenvalue weighted by molar-refractivity contribution is 6.21. The van der Waals surface area contributed by atoms with E-state index < -0.39 is 17.8 Å². The summed E-state index contributed by atoms with van der Waals surface area (Å²) in [7, 11) is 0. The third-order valence-corrected chi connectivity index (χ3v) is 3.20. The van der Waals surface area contributed by atoms with E-state index in [1.165, 1.54) is 24.3 Å². The Morgan fingerprint density at radius 2 is 1.64 bits per heavy atom. The molecule has 3 rings (SSSR count). The van der Waals surface area contributed by atoms with E-state index in [-0.39, 0.29) is 16.7 Å². The van der Waals surface area contributed by atoms with Gasteiger partial charge in [0.05, 0.1) is 16.7 Å². The van der Waals surface area contributed by atoms with Gasteiger partial charge in [-0.2, -0.15) is 0 Å². The lowest BCUT2D eigenvalue weighted by Gasteiger charge is -2.12. The van der Waals surface area contributed by atoms with Gasteiger partial charge in [-0.25, -0.2) is 4.79 Å². The van der Waals surface area contributed by atoms with E-state index in [9.17, 15) is 14.4 Å². The summed E-state index contributed by atoms with van der Waals surface area (Å²) in [6.07, 6.45) is 5.26. The van der Waals surface area contributed by atoms with Crippen LogP contribution in [0.25, 0.3) is 0 Å². The van der Waals surface area contributed by atoms with Gasteiger partial charge in [-0.15, -0.1) is 6.42 Å². The van der Waals surface area contributed by atoms with Gasteiger partial charge in [0.15, 0.2) is 0 Å². The van der Waals surface area contributed by atoms with Crippen molar-refractivity contribution in [3.8, 4) is 12.3 Å². The number of amides is 2. The molecule has 0 saturated heterocycles. The summed E-state index contributed by atoms with van der Waals surface area (Å²) < 4.78 is 0. The molecule has 0 spiro atoms. The number of hydrogen-bond donors (Lipinski definition) is 0. The minimum absolute atomic E-state index is 0.159. The van der Waals surface area contributed by atoms with Gasteiger partial charge < -0.3 is 4.84 Å². The first-order valence-electron chi connectivity index (χ1n) is 6.38. The van der Waals surface area contributed by atoms with Crippen molar-refractivity contribution in [1.82, 2.24) is 5.06 Å². The second-order valence-electron chi connectivity index (χ2n) is 4.55. The largest absolute Gasteiger partial charge is 0.363 e. The number of imide groups is 1. The predicted octanol–water partition coefficient (Wildman–Crippen LogP) is 2.04. The van der Waals surface area contributed by atoms with Crippen LogP contribution in [-0.2, 0) is 4.84 Å². The molecular weight excluding hydrogens is 282 g/mol. The smallest absolute Gasteiger partial charge is 0.324 e. The van der Waals surface area contributed by atoms with Crippen molar-refractivity contribution in [3.63, 3.8) is 0 Å². The Labute approximate surface area is 126 Å². The Hall–Kier alpha value is -3.39. The summed E-state index contributed by atoms with van der Waals surface area (Å²) in [6, 6.07) is 12.4. The van der Waals surface area contributed by atoms with Crippen LogP contribution in [0.4, 0.5) is 0 Å². The third-order valence-electron chi connectivity index (χ3n) is 3.20. The summed E-state index contributed by atoms with van der Waals surface area (Å²) in [5.41, 5.74) is 1.07. The number of benzene rings is 2. The Morgan fingerprint density at radius 3 is 2.23 bits per heavy atom. The molecule has 22 heavy (non-hydrogen) atoms. The Balaban J connectivity index is 1.85. The number of carbonyl (C=O) groups is 3. The van der Waals surface area contributed by atoms with Crippen LogP contribution < -0.4 is 0 Å². The van der Waals surface area contributed by atoms with Crippen LogP contribution in [0, 0.1) is 12.3 Å². The first-order chi connectivity index (χ1) is 10.6. The van der Waals surface area contributed by atoms with Crippen molar-refractivity contribution in [3.05, 3.63) is 70.8 Å². The molecule has 2 aromatic carbocycles. The average molecular weight is 291 g/mol. The number of rotatable bonds is 2. The molecular formula is C17H9NO4. The number of nitrogens with zero attached hydrogens (tertiary/aromatic N) is 1. The van der Waals surface area contributed by atoms with Crippen molar-refractivity contribution in [2.75, 3.05) is 0 Å². The molecule has 5 heteroatoms. The SMILES string of the molecule is C#Cc1cccc(C(=O)ON2C(=O)c3ccccc3C2=O)c1. The van der Waals surface area contributed by atoms with Crippen LogP contribution in [0.2, 0.25) is 0 Å². The van der Waals surface area contributed by atoms with Crippen molar-refractivity contribution in [1.29, 1.82) is 0 Å². The van der Waals surface area contributed by atoms with Crippen molar-refractivity contribution >= 4 is 17.8 Å². The summed E-state index contributed by atoms with van der Waals surface area (Å²) in [4.78, 5) is 41.2.